The Kier molecular flexibility index (Phi) is 7.14. The summed E-state index contributed by atoms with van der Waals surface area (Å²) in [6.45, 7) is 0. The molecule has 2 heterocycles. The zero-order chi connectivity index (χ0) is 36.3. The Hall–Kier alpha value is -7.43. The van der Waals surface area contributed by atoms with Crippen molar-refractivity contribution in [1.29, 1.82) is 0 Å². The summed E-state index contributed by atoms with van der Waals surface area (Å²) in [6.07, 6.45) is 0. The number of nitrogens with zero attached hydrogens (tertiary/aromatic N) is 2. The van der Waals surface area contributed by atoms with Crippen molar-refractivity contribution in [3.63, 3.8) is 0 Å². The van der Waals surface area contributed by atoms with E-state index < -0.39 is 0 Å². The Morgan fingerprint density at radius 3 is 1.69 bits per heavy atom. The lowest BCUT2D eigenvalue weighted by Crippen LogP contribution is -2.09. The average molecular weight is 705 g/mol. The minimum Gasteiger partial charge on any atom is -0.456 e. The smallest absolute Gasteiger partial charge is 0.227 e. The lowest BCUT2D eigenvalue weighted by molar-refractivity contribution is 0.621. The Morgan fingerprint density at radius 2 is 0.945 bits per heavy atom. The number of anilines is 3. The summed E-state index contributed by atoms with van der Waals surface area (Å²) >= 11 is 0. The number of para-hydroxylation sites is 2. The van der Waals surface area contributed by atoms with Crippen LogP contribution in [0, 0.1) is 0 Å². The van der Waals surface area contributed by atoms with Crippen LogP contribution in [0.25, 0.3) is 88.3 Å². The SMILES string of the molecule is c1ccc2cc(-c3ccc(N(c4ccc(-c5cccc6nc(-c7ccc8ccccc8c7)oc56)cc4)c4ccc5c(c4)oc4ccccc45)cc3)ccc2c1. The first-order valence-corrected chi connectivity index (χ1v) is 18.5. The van der Waals surface area contributed by atoms with Gasteiger partial charge < -0.3 is 13.7 Å². The average Bonchev–Trinajstić information content (AvgIpc) is 3.86. The van der Waals surface area contributed by atoms with Crippen LogP contribution in [0.3, 0.4) is 0 Å². The molecule has 0 saturated carbocycles. The lowest BCUT2D eigenvalue weighted by Gasteiger charge is -2.26. The number of aromatic nitrogens is 1. The number of oxazole rings is 1. The van der Waals surface area contributed by atoms with Gasteiger partial charge in [0.1, 0.15) is 16.7 Å². The van der Waals surface area contributed by atoms with Gasteiger partial charge in [-0.3, -0.25) is 0 Å². The van der Waals surface area contributed by atoms with Crippen molar-refractivity contribution < 1.29 is 8.83 Å². The standard InChI is InChI=1S/C51H32N2O2/c1-3-10-37-30-39(18-16-33(37)8-1)35-20-24-41(25-21-35)53(43-28-29-46-45-12-5-6-15-48(45)54-49(46)32-43)42-26-22-36(23-27-42)44-13-7-14-47-50(44)55-51(52-47)40-19-17-34-9-2-4-11-38(34)31-40/h1-32H. The molecule has 9 aromatic carbocycles. The van der Waals surface area contributed by atoms with Gasteiger partial charge >= 0.3 is 0 Å². The van der Waals surface area contributed by atoms with Crippen molar-refractivity contribution in [2.75, 3.05) is 4.90 Å². The van der Waals surface area contributed by atoms with Gasteiger partial charge in [-0.05, 0) is 105 Å². The van der Waals surface area contributed by atoms with E-state index >= 15 is 0 Å². The van der Waals surface area contributed by atoms with Crippen LogP contribution >= 0.6 is 0 Å². The van der Waals surface area contributed by atoms with Crippen LogP contribution in [0.2, 0.25) is 0 Å². The lowest BCUT2D eigenvalue weighted by atomic mass is 10.0. The molecule has 0 fully saturated rings. The molecule has 4 heteroatoms. The van der Waals surface area contributed by atoms with Gasteiger partial charge in [-0.1, -0.05) is 121 Å². The molecule has 0 aliphatic rings. The van der Waals surface area contributed by atoms with E-state index in [9.17, 15) is 0 Å². The van der Waals surface area contributed by atoms with E-state index in [1.807, 2.05) is 24.3 Å². The molecule has 2 aromatic heterocycles. The fraction of sp³-hybridized carbons (Fsp3) is 0. The topological polar surface area (TPSA) is 42.4 Å². The highest BCUT2D eigenvalue weighted by Crippen LogP contribution is 2.41. The third kappa shape index (κ3) is 5.43. The predicted octanol–water partition coefficient (Wildman–Crippen LogP) is 14.5. The summed E-state index contributed by atoms with van der Waals surface area (Å²) in [5.74, 6) is 0.615. The molecule has 0 spiro atoms. The first-order chi connectivity index (χ1) is 27.2. The summed E-state index contributed by atoms with van der Waals surface area (Å²) in [5, 5.41) is 7.04. The molecule has 0 atom stereocenters. The van der Waals surface area contributed by atoms with E-state index in [0.717, 1.165) is 72.2 Å². The summed E-state index contributed by atoms with van der Waals surface area (Å²) in [4.78, 5) is 7.19. The maximum absolute atomic E-state index is 6.51. The van der Waals surface area contributed by atoms with Crippen molar-refractivity contribution in [1.82, 2.24) is 4.98 Å². The van der Waals surface area contributed by atoms with Crippen LogP contribution in [-0.4, -0.2) is 4.98 Å². The molecule has 0 amide bonds. The van der Waals surface area contributed by atoms with E-state index in [0.29, 0.717) is 5.89 Å². The molecule has 4 nitrogen and oxygen atoms in total. The van der Waals surface area contributed by atoms with E-state index in [-0.39, 0.29) is 0 Å². The molecule has 0 aliphatic heterocycles. The van der Waals surface area contributed by atoms with Crippen LogP contribution in [0.15, 0.2) is 203 Å². The van der Waals surface area contributed by atoms with Gasteiger partial charge in [-0.25, -0.2) is 4.98 Å². The second-order valence-corrected chi connectivity index (χ2v) is 14.0. The summed E-state index contributed by atoms with van der Waals surface area (Å²) in [6, 6.07) is 68.2. The molecule has 0 N–H and O–H groups in total. The Morgan fingerprint density at radius 1 is 0.364 bits per heavy atom. The van der Waals surface area contributed by atoms with Crippen molar-refractivity contribution in [3.8, 4) is 33.7 Å². The maximum Gasteiger partial charge on any atom is 0.227 e. The molecular formula is C51H32N2O2. The van der Waals surface area contributed by atoms with Gasteiger partial charge in [0.2, 0.25) is 5.89 Å². The van der Waals surface area contributed by atoms with Crippen LogP contribution in [-0.2, 0) is 0 Å². The largest absolute Gasteiger partial charge is 0.456 e. The van der Waals surface area contributed by atoms with Gasteiger partial charge in [0.05, 0.1) is 0 Å². The summed E-state index contributed by atoms with van der Waals surface area (Å²) < 4.78 is 12.9. The van der Waals surface area contributed by atoms with Crippen LogP contribution in [0.4, 0.5) is 17.1 Å². The Bertz CT molecular complexity index is 3210. The van der Waals surface area contributed by atoms with Crippen LogP contribution in [0.1, 0.15) is 0 Å². The number of furan rings is 1. The van der Waals surface area contributed by atoms with Crippen LogP contribution < -0.4 is 4.90 Å². The minimum atomic E-state index is 0.615. The third-order valence-corrected chi connectivity index (χ3v) is 10.7. The fourth-order valence-corrected chi connectivity index (χ4v) is 7.88. The number of benzene rings is 9. The van der Waals surface area contributed by atoms with Gasteiger partial charge in [-0.15, -0.1) is 0 Å². The molecule has 0 unspecified atom stereocenters. The highest BCUT2D eigenvalue weighted by Gasteiger charge is 2.18. The number of rotatable bonds is 6. The third-order valence-electron chi connectivity index (χ3n) is 10.7. The van der Waals surface area contributed by atoms with E-state index in [2.05, 4.69) is 175 Å². The minimum absolute atomic E-state index is 0.615. The summed E-state index contributed by atoms with van der Waals surface area (Å²) in [7, 11) is 0. The molecule has 258 valence electrons. The first kappa shape index (κ1) is 31.1. The van der Waals surface area contributed by atoms with Crippen molar-refractivity contribution in [2.45, 2.75) is 0 Å². The molecule has 55 heavy (non-hydrogen) atoms. The Balaban J connectivity index is 0.986. The molecule has 0 bridgehead atoms. The molecular weight excluding hydrogens is 673 g/mol. The quantitative estimate of drug-likeness (QED) is 0.173. The number of hydrogen-bond acceptors (Lipinski definition) is 4. The molecule has 11 rings (SSSR count). The van der Waals surface area contributed by atoms with Gasteiger partial charge in [0, 0.05) is 45.0 Å². The fourth-order valence-electron chi connectivity index (χ4n) is 7.88. The number of hydrogen-bond donors (Lipinski definition) is 0. The molecule has 0 saturated heterocycles. The highest BCUT2D eigenvalue weighted by molar-refractivity contribution is 6.06. The van der Waals surface area contributed by atoms with Gasteiger partial charge in [0.15, 0.2) is 5.58 Å². The molecule has 0 radical (unpaired) electrons. The highest BCUT2D eigenvalue weighted by atomic mass is 16.3. The normalized spacial score (nSPS) is 11.6. The molecule has 11 aromatic rings. The summed E-state index contributed by atoms with van der Waals surface area (Å²) in [5.41, 5.74) is 11.8. The van der Waals surface area contributed by atoms with E-state index in [4.69, 9.17) is 13.8 Å². The predicted molar refractivity (Wildman–Crippen MR) is 227 cm³/mol. The zero-order valence-corrected chi connectivity index (χ0v) is 29.7. The first-order valence-electron chi connectivity index (χ1n) is 18.5. The Labute approximate surface area is 317 Å². The second kappa shape index (κ2) is 12.6. The zero-order valence-electron chi connectivity index (χ0n) is 29.7. The van der Waals surface area contributed by atoms with Crippen molar-refractivity contribution in [3.05, 3.63) is 194 Å². The second-order valence-electron chi connectivity index (χ2n) is 14.0. The van der Waals surface area contributed by atoms with Crippen LogP contribution in [0.5, 0.6) is 0 Å². The number of fused-ring (bicyclic) bond motifs is 6. The van der Waals surface area contributed by atoms with Gasteiger partial charge in [-0.2, -0.15) is 0 Å². The molecule has 0 aliphatic carbocycles. The van der Waals surface area contributed by atoms with Crippen molar-refractivity contribution in [2.24, 2.45) is 0 Å². The van der Waals surface area contributed by atoms with Crippen molar-refractivity contribution >= 4 is 71.6 Å². The van der Waals surface area contributed by atoms with E-state index in [1.54, 1.807) is 0 Å². The van der Waals surface area contributed by atoms with E-state index in [1.165, 1.54) is 27.3 Å². The van der Waals surface area contributed by atoms with Gasteiger partial charge in [0.25, 0.3) is 0 Å². The monoisotopic (exact) mass is 704 g/mol. The maximum atomic E-state index is 6.51.